The molecule has 0 aromatic heterocycles. The summed E-state index contributed by atoms with van der Waals surface area (Å²) in [7, 11) is 0. The van der Waals surface area contributed by atoms with E-state index in [4.69, 9.17) is 21.4 Å². The zero-order valence-electron chi connectivity index (χ0n) is 10.7. The van der Waals surface area contributed by atoms with Crippen LogP contribution in [0.5, 0.6) is 5.75 Å². The minimum absolute atomic E-state index is 0.114. The molecular formula is C15H12ClFO3. The molecule has 0 spiro atoms. The summed E-state index contributed by atoms with van der Waals surface area (Å²) in [4.78, 5) is 10.9. The summed E-state index contributed by atoms with van der Waals surface area (Å²) < 4.78 is 18.6. The van der Waals surface area contributed by atoms with E-state index in [2.05, 4.69) is 0 Å². The fourth-order valence-electron chi connectivity index (χ4n) is 1.78. The molecule has 2 aromatic carbocycles. The second-order valence-corrected chi connectivity index (χ2v) is 4.71. The van der Waals surface area contributed by atoms with Crippen molar-refractivity contribution in [3.63, 3.8) is 0 Å². The molecule has 0 radical (unpaired) electrons. The Morgan fingerprint density at radius 2 is 2.05 bits per heavy atom. The number of halogens is 2. The predicted octanol–water partition coefficient (Wildman–Crippen LogP) is 4.06. The topological polar surface area (TPSA) is 46.5 Å². The Morgan fingerprint density at radius 3 is 2.70 bits per heavy atom. The van der Waals surface area contributed by atoms with Gasteiger partial charge in [-0.2, -0.15) is 0 Å². The van der Waals surface area contributed by atoms with E-state index in [0.29, 0.717) is 21.9 Å². The van der Waals surface area contributed by atoms with Crippen molar-refractivity contribution in [3.8, 4) is 5.75 Å². The van der Waals surface area contributed by atoms with E-state index in [1.807, 2.05) is 0 Å². The second kappa shape index (κ2) is 5.92. The lowest BCUT2D eigenvalue weighted by Crippen LogP contribution is -2.01. The predicted molar refractivity (Wildman–Crippen MR) is 73.9 cm³/mol. The van der Waals surface area contributed by atoms with Gasteiger partial charge in [-0.1, -0.05) is 11.6 Å². The first-order chi connectivity index (χ1) is 9.47. The molecule has 0 aliphatic rings. The highest BCUT2D eigenvalue weighted by atomic mass is 35.5. The number of benzene rings is 2. The van der Waals surface area contributed by atoms with Crippen LogP contribution in [0.4, 0.5) is 4.39 Å². The van der Waals surface area contributed by atoms with Crippen molar-refractivity contribution in [1.82, 2.24) is 0 Å². The van der Waals surface area contributed by atoms with Crippen molar-refractivity contribution in [1.29, 1.82) is 0 Å². The molecule has 0 heterocycles. The van der Waals surface area contributed by atoms with Crippen LogP contribution in [-0.2, 0) is 6.61 Å². The molecule has 0 aliphatic carbocycles. The molecule has 2 rings (SSSR count). The molecule has 0 amide bonds. The average Bonchev–Trinajstić information content (AvgIpc) is 2.39. The Labute approximate surface area is 120 Å². The number of carboxylic acid groups (broad SMARTS) is 1. The van der Waals surface area contributed by atoms with Gasteiger partial charge in [-0.25, -0.2) is 9.18 Å². The van der Waals surface area contributed by atoms with Crippen LogP contribution in [0.3, 0.4) is 0 Å². The summed E-state index contributed by atoms with van der Waals surface area (Å²) in [6.45, 7) is 1.80. The highest BCUT2D eigenvalue weighted by Gasteiger charge is 2.08. The van der Waals surface area contributed by atoms with Gasteiger partial charge < -0.3 is 9.84 Å². The third-order valence-electron chi connectivity index (χ3n) is 2.83. The first kappa shape index (κ1) is 14.3. The monoisotopic (exact) mass is 294 g/mol. The standard InChI is InChI=1S/C15H12ClFO3/c1-9-6-12(3-4-13(9)15(18)19)20-8-10-7-11(17)2-5-14(10)16/h2-7H,8H2,1H3,(H,18,19). The summed E-state index contributed by atoms with van der Waals surface area (Å²) >= 11 is 5.94. The van der Waals surface area contributed by atoms with Gasteiger partial charge in [0, 0.05) is 10.6 Å². The number of rotatable bonds is 4. The van der Waals surface area contributed by atoms with Gasteiger partial charge >= 0.3 is 5.97 Å². The van der Waals surface area contributed by atoms with Crippen LogP contribution in [0.2, 0.25) is 5.02 Å². The molecule has 0 saturated heterocycles. The van der Waals surface area contributed by atoms with E-state index in [0.717, 1.165) is 0 Å². The van der Waals surface area contributed by atoms with Crippen molar-refractivity contribution in [3.05, 3.63) is 63.9 Å². The zero-order valence-corrected chi connectivity index (χ0v) is 11.4. The van der Waals surface area contributed by atoms with Gasteiger partial charge in [-0.05, 0) is 48.9 Å². The average molecular weight is 295 g/mol. The minimum Gasteiger partial charge on any atom is -0.489 e. The number of aryl methyl sites for hydroxylation is 1. The number of hydrogen-bond donors (Lipinski definition) is 1. The molecule has 2 aromatic rings. The smallest absolute Gasteiger partial charge is 0.335 e. The summed E-state index contributed by atoms with van der Waals surface area (Å²) in [5.74, 6) is -0.861. The lowest BCUT2D eigenvalue weighted by atomic mass is 10.1. The first-order valence-electron chi connectivity index (χ1n) is 5.88. The van der Waals surface area contributed by atoms with E-state index >= 15 is 0 Å². The Kier molecular flexibility index (Phi) is 4.25. The molecule has 0 bridgehead atoms. The Morgan fingerprint density at radius 1 is 1.30 bits per heavy atom. The molecule has 0 fully saturated rings. The van der Waals surface area contributed by atoms with E-state index in [-0.39, 0.29) is 18.0 Å². The third kappa shape index (κ3) is 3.27. The van der Waals surface area contributed by atoms with Crippen molar-refractivity contribution in [2.75, 3.05) is 0 Å². The van der Waals surface area contributed by atoms with E-state index in [1.54, 1.807) is 19.1 Å². The van der Waals surface area contributed by atoms with Gasteiger partial charge in [0.2, 0.25) is 0 Å². The number of carboxylic acids is 1. The maximum atomic E-state index is 13.1. The normalized spacial score (nSPS) is 10.3. The largest absolute Gasteiger partial charge is 0.489 e. The van der Waals surface area contributed by atoms with Gasteiger partial charge in [0.1, 0.15) is 18.2 Å². The maximum absolute atomic E-state index is 13.1. The Balaban J connectivity index is 2.13. The van der Waals surface area contributed by atoms with Crippen molar-refractivity contribution < 1.29 is 19.0 Å². The lowest BCUT2D eigenvalue weighted by Gasteiger charge is -2.09. The second-order valence-electron chi connectivity index (χ2n) is 4.31. The zero-order chi connectivity index (χ0) is 14.7. The van der Waals surface area contributed by atoms with Crippen molar-refractivity contribution in [2.24, 2.45) is 0 Å². The number of carbonyl (C=O) groups is 1. The summed E-state index contributed by atoms with van der Waals surface area (Å²) in [6.07, 6.45) is 0. The lowest BCUT2D eigenvalue weighted by molar-refractivity contribution is 0.0696. The van der Waals surface area contributed by atoms with Gasteiger partial charge in [-0.3, -0.25) is 0 Å². The van der Waals surface area contributed by atoms with E-state index in [1.165, 1.54) is 24.3 Å². The van der Waals surface area contributed by atoms with Crippen molar-refractivity contribution in [2.45, 2.75) is 13.5 Å². The van der Waals surface area contributed by atoms with Gasteiger partial charge in [-0.15, -0.1) is 0 Å². The SMILES string of the molecule is Cc1cc(OCc2cc(F)ccc2Cl)ccc1C(=O)O. The maximum Gasteiger partial charge on any atom is 0.335 e. The number of hydrogen-bond acceptors (Lipinski definition) is 2. The molecule has 0 unspecified atom stereocenters. The summed E-state index contributed by atoms with van der Waals surface area (Å²) in [5.41, 5.74) is 1.35. The summed E-state index contributed by atoms with van der Waals surface area (Å²) in [5, 5.41) is 9.35. The molecule has 0 saturated carbocycles. The van der Waals surface area contributed by atoms with Crippen LogP contribution in [0, 0.1) is 12.7 Å². The minimum atomic E-state index is -0.984. The van der Waals surface area contributed by atoms with Gasteiger partial charge in [0.05, 0.1) is 5.56 Å². The fourth-order valence-corrected chi connectivity index (χ4v) is 1.95. The van der Waals surface area contributed by atoms with Crippen LogP contribution in [0.25, 0.3) is 0 Å². The van der Waals surface area contributed by atoms with Gasteiger partial charge in [0.25, 0.3) is 0 Å². The Bertz CT molecular complexity index is 656. The molecule has 3 nitrogen and oxygen atoms in total. The Hall–Kier alpha value is -2.07. The highest BCUT2D eigenvalue weighted by Crippen LogP contribution is 2.22. The van der Waals surface area contributed by atoms with E-state index < -0.39 is 5.97 Å². The molecule has 20 heavy (non-hydrogen) atoms. The van der Waals surface area contributed by atoms with Crippen LogP contribution in [0.15, 0.2) is 36.4 Å². The summed E-state index contributed by atoms with van der Waals surface area (Å²) in [6, 6.07) is 8.70. The molecule has 0 atom stereocenters. The third-order valence-corrected chi connectivity index (χ3v) is 3.20. The van der Waals surface area contributed by atoms with Crippen LogP contribution < -0.4 is 4.74 Å². The van der Waals surface area contributed by atoms with E-state index in [9.17, 15) is 9.18 Å². The van der Waals surface area contributed by atoms with Crippen LogP contribution in [-0.4, -0.2) is 11.1 Å². The van der Waals surface area contributed by atoms with Crippen LogP contribution >= 0.6 is 11.6 Å². The molecule has 0 aliphatic heterocycles. The number of aromatic carboxylic acids is 1. The molecule has 5 heteroatoms. The van der Waals surface area contributed by atoms with Gasteiger partial charge in [0.15, 0.2) is 0 Å². The fraction of sp³-hybridized carbons (Fsp3) is 0.133. The molecular weight excluding hydrogens is 283 g/mol. The van der Waals surface area contributed by atoms with Crippen molar-refractivity contribution >= 4 is 17.6 Å². The quantitative estimate of drug-likeness (QED) is 0.925. The molecule has 104 valence electrons. The number of ether oxygens (including phenoxy) is 1. The first-order valence-corrected chi connectivity index (χ1v) is 6.26. The van der Waals surface area contributed by atoms with Crippen LogP contribution in [0.1, 0.15) is 21.5 Å². The molecule has 1 N–H and O–H groups in total. The highest BCUT2D eigenvalue weighted by molar-refractivity contribution is 6.31.